The fourth-order valence-corrected chi connectivity index (χ4v) is 1.43. The molecule has 0 spiro atoms. The summed E-state index contributed by atoms with van der Waals surface area (Å²) < 4.78 is 42.7. The molecular weight excluding hydrogens is 277 g/mol. The van der Waals surface area contributed by atoms with Gasteiger partial charge in [0.1, 0.15) is 0 Å². The molecule has 0 bridgehead atoms. The Bertz CT molecular complexity index is 464. The minimum atomic E-state index is -4.57. The number of rotatable bonds is 6. The molecule has 1 rings (SSSR count). The number of hydrogen-bond acceptors (Lipinski definition) is 4. The Morgan fingerprint density at radius 3 is 2.65 bits per heavy atom. The van der Waals surface area contributed by atoms with E-state index in [9.17, 15) is 18.0 Å². The number of nitrogens with one attached hydrogen (secondary N) is 1. The summed E-state index contributed by atoms with van der Waals surface area (Å²) in [5, 5.41) is 10.8. The molecule has 1 aromatic rings. The van der Waals surface area contributed by atoms with E-state index in [0.29, 0.717) is 0 Å². The Hall–Kier alpha value is -1.80. The van der Waals surface area contributed by atoms with Crippen LogP contribution in [0.3, 0.4) is 0 Å². The zero-order chi connectivity index (χ0) is 15.2. The van der Waals surface area contributed by atoms with Crippen molar-refractivity contribution in [2.75, 3.05) is 30.9 Å². The number of halogens is 3. The first kappa shape index (κ1) is 16.3. The molecule has 0 saturated heterocycles. The smallest absolute Gasteiger partial charge is 0.398 e. The van der Waals surface area contributed by atoms with Crippen LogP contribution in [0.1, 0.15) is 12.0 Å². The van der Waals surface area contributed by atoms with Gasteiger partial charge in [0, 0.05) is 11.4 Å². The van der Waals surface area contributed by atoms with Crippen molar-refractivity contribution in [2.24, 2.45) is 0 Å². The van der Waals surface area contributed by atoms with E-state index in [4.69, 9.17) is 15.6 Å². The minimum absolute atomic E-state index is 0.0127. The lowest BCUT2D eigenvalue weighted by Gasteiger charge is -2.12. The van der Waals surface area contributed by atoms with Gasteiger partial charge >= 0.3 is 6.18 Å². The third kappa shape index (κ3) is 5.06. The Morgan fingerprint density at radius 2 is 2.05 bits per heavy atom. The summed E-state index contributed by atoms with van der Waals surface area (Å²) in [6.07, 6.45) is -4.60. The van der Waals surface area contributed by atoms with Crippen molar-refractivity contribution in [3.63, 3.8) is 0 Å². The number of carbonyl (C=O) groups is 1. The molecular formula is C12H15F3N2O3. The number of anilines is 2. The second-order valence-electron chi connectivity index (χ2n) is 3.93. The zero-order valence-corrected chi connectivity index (χ0v) is 10.5. The zero-order valence-electron chi connectivity index (χ0n) is 10.5. The van der Waals surface area contributed by atoms with Crippen LogP contribution in [-0.2, 0) is 15.7 Å². The Labute approximate surface area is 113 Å². The van der Waals surface area contributed by atoms with Crippen molar-refractivity contribution in [1.29, 1.82) is 0 Å². The summed E-state index contributed by atoms with van der Waals surface area (Å²) in [5.74, 6) is -0.485. The van der Waals surface area contributed by atoms with Crippen molar-refractivity contribution < 1.29 is 27.8 Å². The average molecular weight is 292 g/mol. The third-order valence-electron chi connectivity index (χ3n) is 2.35. The number of nitrogen functional groups attached to an aromatic ring is 1. The second kappa shape index (κ2) is 7.11. The topological polar surface area (TPSA) is 84.6 Å². The van der Waals surface area contributed by atoms with Crippen molar-refractivity contribution in [1.82, 2.24) is 0 Å². The summed E-state index contributed by atoms with van der Waals surface area (Å²) in [6, 6.07) is 3.15. The standard InChI is InChI=1S/C12H15F3N2O3/c13-12(14,15)9-7-8(1-2-10(9)16)17-11(19)3-5-20-6-4-18/h1-2,7,18H,3-6,16H2,(H,17,19). The van der Waals surface area contributed by atoms with E-state index in [1.807, 2.05) is 0 Å². The number of ether oxygens (including phenoxy) is 1. The van der Waals surface area contributed by atoms with Gasteiger partial charge in [0.25, 0.3) is 0 Å². The van der Waals surface area contributed by atoms with Crippen molar-refractivity contribution in [3.05, 3.63) is 23.8 Å². The molecule has 112 valence electrons. The summed E-state index contributed by atoms with van der Waals surface area (Å²) in [5.41, 5.74) is 3.86. The molecule has 8 heteroatoms. The number of amides is 1. The summed E-state index contributed by atoms with van der Waals surface area (Å²) in [4.78, 5) is 11.5. The lowest BCUT2D eigenvalue weighted by molar-refractivity contribution is -0.137. The predicted octanol–water partition coefficient (Wildman–Crippen LogP) is 1.63. The molecule has 0 heterocycles. The second-order valence-corrected chi connectivity index (χ2v) is 3.93. The Kier molecular flexibility index (Phi) is 5.78. The molecule has 0 saturated carbocycles. The SMILES string of the molecule is Nc1ccc(NC(=O)CCOCCO)cc1C(F)(F)F. The molecule has 1 aromatic carbocycles. The van der Waals surface area contributed by atoms with E-state index in [1.165, 1.54) is 6.07 Å². The monoisotopic (exact) mass is 292 g/mol. The van der Waals surface area contributed by atoms with Crippen LogP contribution in [0.2, 0.25) is 0 Å². The van der Waals surface area contributed by atoms with Gasteiger partial charge in [-0.1, -0.05) is 0 Å². The van der Waals surface area contributed by atoms with E-state index < -0.39 is 23.3 Å². The molecule has 0 aliphatic rings. The van der Waals surface area contributed by atoms with Crippen molar-refractivity contribution in [3.8, 4) is 0 Å². The number of alkyl halides is 3. The van der Waals surface area contributed by atoms with Crippen LogP contribution in [0.5, 0.6) is 0 Å². The maximum Gasteiger partial charge on any atom is 0.418 e. The predicted molar refractivity (Wildman–Crippen MR) is 67.0 cm³/mol. The van der Waals surface area contributed by atoms with Gasteiger partial charge in [0.15, 0.2) is 0 Å². The molecule has 4 N–H and O–H groups in total. The van der Waals surface area contributed by atoms with E-state index in [0.717, 1.165) is 12.1 Å². The molecule has 20 heavy (non-hydrogen) atoms. The molecule has 0 aliphatic heterocycles. The van der Waals surface area contributed by atoms with Crippen LogP contribution in [0, 0.1) is 0 Å². The highest BCUT2D eigenvalue weighted by Crippen LogP contribution is 2.35. The van der Waals surface area contributed by atoms with Gasteiger partial charge in [-0.3, -0.25) is 4.79 Å². The molecule has 0 unspecified atom stereocenters. The number of hydrogen-bond donors (Lipinski definition) is 3. The Morgan fingerprint density at radius 1 is 1.35 bits per heavy atom. The van der Waals surface area contributed by atoms with Gasteiger partial charge < -0.3 is 20.9 Å². The fourth-order valence-electron chi connectivity index (χ4n) is 1.43. The Balaban J connectivity index is 2.62. The van der Waals surface area contributed by atoms with Crippen molar-refractivity contribution in [2.45, 2.75) is 12.6 Å². The first-order valence-electron chi connectivity index (χ1n) is 5.79. The van der Waals surface area contributed by atoms with Crippen LogP contribution in [0.15, 0.2) is 18.2 Å². The van der Waals surface area contributed by atoms with Gasteiger partial charge in [0.05, 0.1) is 31.8 Å². The highest BCUT2D eigenvalue weighted by atomic mass is 19.4. The fraction of sp³-hybridized carbons (Fsp3) is 0.417. The highest BCUT2D eigenvalue weighted by molar-refractivity contribution is 5.91. The van der Waals surface area contributed by atoms with Crippen LogP contribution < -0.4 is 11.1 Å². The molecule has 0 fully saturated rings. The highest BCUT2D eigenvalue weighted by Gasteiger charge is 2.33. The van der Waals surface area contributed by atoms with E-state index >= 15 is 0 Å². The maximum absolute atomic E-state index is 12.6. The van der Waals surface area contributed by atoms with Crippen LogP contribution in [-0.4, -0.2) is 30.8 Å². The summed E-state index contributed by atoms with van der Waals surface area (Å²) in [7, 11) is 0. The molecule has 5 nitrogen and oxygen atoms in total. The van der Waals surface area contributed by atoms with Gasteiger partial charge in [-0.15, -0.1) is 0 Å². The molecule has 0 aliphatic carbocycles. The van der Waals surface area contributed by atoms with Crippen molar-refractivity contribution >= 4 is 17.3 Å². The normalized spacial score (nSPS) is 11.4. The molecule has 0 radical (unpaired) electrons. The first-order chi connectivity index (χ1) is 9.34. The van der Waals surface area contributed by atoms with Crippen LogP contribution >= 0.6 is 0 Å². The summed E-state index contributed by atoms with van der Waals surface area (Å²) in [6.45, 7) is 0.0232. The molecule has 0 aromatic heterocycles. The van der Waals surface area contributed by atoms with Gasteiger partial charge in [0.2, 0.25) is 5.91 Å². The average Bonchev–Trinajstić information content (AvgIpc) is 2.36. The number of benzene rings is 1. The van der Waals surface area contributed by atoms with Gasteiger partial charge in [-0.2, -0.15) is 13.2 Å². The number of aliphatic hydroxyl groups is 1. The van der Waals surface area contributed by atoms with Gasteiger partial charge in [-0.25, -0.2) is 0 Å². The van der Waals surface area contributed by atoms with E-state index in [2.05, 4.69) is 5.32 Å². The van der Waals surface area contributed by atoms with Crippen LogP contribution in [0.25, 0.3) is 0 Å². The third-order valence-corrected chi connectivity index (χ3v) is 2.35. The maximum atomic E-state index is 12.6. The minimum Gasteiger partial charge on any atom is -0.398 e. The van der Waals surface area contributed by atoms with E-state index in [1.54, 1.807) is 0 Å². The molecule has 1 amide bonds. The number of aliphatic hydroxyl groups excluding tert-OH is 1. The van der Waals surface area contributed by atoms with E-state index in [-0.39, 0.29) is 31.9 Å². The largest absolute Gasteiger partial charge is 0.418 e. The quantitative estimate of drug-likeness (QED) is 0.549. The number of nitrogens with two attached hydrogens (primary N) is 1. The lowest BCUT2D eigenvalue weighted by atomic mass is 10.1. The number of carbonyl (C=O) groups excluding carboxylic acids is 1. The van der Waals surface area contributed by atoms with Crippen LogP contribution in [0.4, 0.5) is 24.5 Å². The molecule has 0 atom stereocenters. The lowest BCUT2D eigenvalue weighted by Crippen LogP contribution is -2.16. The first-order valence-corrected chi connectivity index (χ1v) is 5.79. The summed E-state index contributed by atoms with van der Waals surface area (Å²) >= 11 is 0. The van der Waals surface area contributed by atoms with Gasteiger partial charge in [-0.05, 0) is 18.2 Å².